The smallest absolute Gasteiger partial charge is 0.302 e. The number of hydrogen-bond acceptors (Lipinski definition) is 3. The quantitative estimate of drug-likeness (QED) is 0.503. The molecule has 84 valence electrons. The second kappa shape index (κ2) is 3.74. The van der Waals surface area contributed by atoms with Crippen molar-refractivity contribution in [2.24, 2.45) is 5.41 Å². The average Bonchev–Trinajstić information content (AvgIpc) is 2.39. The van der Waals surface area contributed by atoms with Crippen LogP contribution in [0, 0.1) is 5.41 Å². The maximum Gasteiger partial charge on any atom is 0.302 e. The number of ether oxygens (including phenoxy) is 1. The molecule has 1 aliphatic heterocycles. The second-order valence-corrected chi connectivity index (χ2v) is 6.14. The van der Waals surface area contributed by atoms with Crippen molar-refractivity contribution in [3.8, 4) is 0 Å². The summed E-state index contributed by atoms with van der Waals surface area (Å²) >= 11 is 0. The molecule has 0 aromatic carbocycles. The molecule has 2 rings (SSSR count). The summed E-state index contributed by atoms with van der Waals surface area (Å²) in [5.41, 5.74) is -0.214. The van der Waals surface area contributed by atoms with Gasteiger partial charge in [0.2, 0.25) is 0 Å². The maximum atomic E-state index is 11.9. The molecule has 0 amide bonds. The van der Waals surface area contributed by atoms with Crippen LogP contribution in [-0.4, -0.2) is 27.3 Å². The molecule has 0 bridgehead atoms. The predicted molar refractivity (Wildman–Crippen MR) is 58.8 cm³/mol. The third-order valence-electron chi connectivity index (χ3n) is 3.40. The summed E-state index contributed by atoms with van der Waals surface area (Å²) in [6.45, 7) is 3.46. The van der Waals surface area contributed by atoms with Crippen molar-refractivity contribution in [1.29, 1.82) is 0 Å². The molecule has 15 heavy (non-hydrogen) atoms. The van der Waals surface area contributed by atoms with Crippen LogP contribution in [0.1, 0.15) is 26.7 Å². The van der Waals surface area contributed by atoms with E-state index in [-0.39, 0.29) is 22.7 Å². The fraction of sp³-hybridized carbons (Fsp3) is 0.727. The highest BCUT2D eigenvalue weighted by atomic mass is 32.2. The van der Waals surface area contributed by atoms with Gasteiger partial charge in [0.15, 0.2) is 0 Å². The molecule has 0 aromatic rings. The molecule has 2 aliphatic rings. The van der Waals surface area contributed by atoms with E-state index in [0.717, 1.165) is 12.8 Å². The average molecular weight is 228 g/mol. The summed E-state index contributed by atoms with van der Waals surface area (Å²) in [4.78, 5) is 11.0. The molecule has 1 fully saturated rings. The Kier molecular flexibility index (Phi) is 2.71. The first-order valence-corrected chi connectivity index (χ1v) is 6.64. The Hall–Kier alpha value is -0.640. The van der Waals surface area contributed by atoms with Crippen molar-refractivity contribution in [1.82, 2.24) is 0 Å². The molecule has 1 saturated heterocycles. The lowest BCUT2D eigenvalue weighted by Gasteiger charge is -2.34. The summed E-state index contributed by atoms with van der Waals surface area (Å²) in [5.74, 6) is 0.211. The Morgan fingerprint density at radius 3 is 3.00 bits per heavy atom. The molecule has 4 atom stereocenters. The lowest BCUT2D eigenvalue weighted by molar-refractivity contribution is -0.149. The van der Waals surface area contributed by atoms with Crippen LogP contribution >= 0.6 is 0 Å². The summed E-state index contributed by atoms with van der Waals surface area (Å²) in [7, 11) is -0.854. The van der Waals surface area contributed by atoms with Crippen LogP contribution in [-0.2, 0) is 20.3 Å². The zero-order valence-corrected chi connectivity index (χ0v) is 9.88. The van der Waals surface area contributed by atoms with Gasteiger partial charge in [0.1, 0.15) is 6.10 Å². The van der Waals surface area contributed by atoms with E-state index in [9.17, 15) is 9.00 Å². The molecule has 0 radical (unpaired) electrons. The van der Waals surface area contributed by atoms with Gasteiger partial charge < -0.3 is 4.74 Å². The number of hydrogen-bond donors (Lipinski definition) is 0. The van der Waals surface area contributed by atoms with Gasteiger partial charge in [-0.15, -0.1) is 0 Å². The topological polar surface area (TPSA) is 43.4 Å². The van der Waals surface area contributed by atoms with Crippen molar-refractivity contribution in [2.75, 3.05) is 5.75 Å². The van der Waals surface area contributed by atoms with Gasteiger partial charge in [-0.05, 0) is 12.8 Å². The summed E-state index contributed by atoms with van der Waals surface area (Å²) < 4.78 is 17.2. The maximum absolute atomic E-state index is 11.9. The lowest BCUT2D eigenvalue weighted by Crippen LogP contribution is -2.39. The molecule has 1 aliphatic carbocycles. The van der Waals surface area contributed by atoms with Gasteiger partial charge >= 0.3 is 5.97 Å². The molecule has 0 spiro atoms. The lowest BCUT2D eigenvalue weighted by atomic mass is 9.76. The van der Waals surface area contributed by atoms with Crippen molar-refractivity contribution in [2.45, 2.75) is 38.0 Å². The molecule has 0 aromatic heterocycles. The fourth-order valence-corrected chi connectivity index (χ4v) is 4.69. The van der Waals surface area contributed by atoms with E-state index in [1.165, 1.54) is 6.92 Å². The van der Waals surface area contributed by atoms with Crippen LogP contribution in [0.3, 0.4) is 0 Å². The second-order valence-electron chi connectivity index (χ2n) is 4.48. The minimum Gasteiger partial charge on any atom is -0.461 e. The highest BCUT2D eigenvalue weighted by Gasteiger charge is 2.52. The Bertz CT molecular complexity index is 337. The molecule has 1 unspecified atom stereocenters. The zero-order valence-electron chi connectivity index (χ0n) is 9.06. The van der Waals surface area contributed by atoms with Crippen LogP contribution in [0.25, 0.3) is 0 Å². The fourth-order valence-electron chi connectivity index (χ4n) is 2.54. The minimum absolute atomic E-state index is 0.159. The summed E-state index contributed by atoms with van der Waals surface area (Å²) in [6.07, 6.45) is 5.91. The van der Waals surface area contributed by atoms with Gasteiger partial charge in [-0.2, -0.15) is 0 Å². The van der Waals surface area contributed by atoms with Gasteiger partial charge in [0.25, 0.3) is 0 Å². The van der Waals surface area contributed by atoms with Crippen molar-refractivity contribution in [3.05, 3.63) is 12.2 Å². The van der Waals surface area contributed by atoms with Crippen molar-refractivity contribution < 1.29 is 13.7 Å². The molecule has 0 N–H and O–H groups in total. The SMILES string of the molecule is CC(=O)O[C@H]1CS(=O)[C@H]2CCC=C[C@@]12C. The standard InChI is InChI=1S/C11H16O3S/c1-8(12)14-9-7-15(13)10-5-3-4-6-11(9,10)2/h4,6,9-10H,3,5,7H2,1-2H3/t9-,10-,11-,15?/m0/s1. The third-order valence-corrected chi connectivity index (χ3v) is 5.41. The number of carbonyl (C=O) groups excluding carboxylic acids is 1. The highest BCUT2D eigenvalue weighted by Crippen LogP contribution is 2.44. The Morgan fingerprint density at radius 2 is 2.33 bits per heavy atom. The largest absolute Gasteiger partial charge is 0.461 e. The van der Waals surface area contributed by atoms with Crippen molar-refractivity contribution >= 4 is 16.8 Å². The van der Waals surface area contributed by atoms with E-state index in [4.69, 9.17) is 4.74 Å². The van der Waals surface area contributed by atoms with E-state index in [0.29, 0.717) is 5.75 Å². The molecule has 0 saturated carbocycles. The van der Waals surface area contributed by atoms with Gasteiger partial charge in [-0.1, -0.05) is 19.1 Å². The van der Waals surface area contributed by atoms with Crippen LogP contribution in [0.2, 0.25) is 0 Å². The van der Waals surface area contributed by atoms with Gasteiger partial charge in [0.05, 0.1) is 5.75 Å². The van der Waals surface area contributed by atoms with Crippen LogP contribution in [0.5, 0.6) is 0 Å². The van der Waals surface area contributed by atoms with E-state index in [1.807, 2.05) is 6.92 Å². The van der Waals surface area contributed by atoms with Crippen LogP contribution in [0.15, 0.2) is 12.2 Å². The molecule has 1 heterocycles. The van der Waals surface area contributed by atoms with E-state index >= 15 is 0 Å². The van der Waals surface area contributed by atoms with Gasteiger partial charge in [0, 0.05) is 28.4 Å². The highest BCUT2D eigenvalue weighted by molar-refractivity contribution is 7.86. The van der Waals surface area contributed by atoms with Gasteiger partial charge in [-0.25, -0.2) is 0 Å². The monoisotopic (exact) mass is 228 g/mol. The molecular formula is C11H16O3S. The van der Waals surface area contributed by atoms with E-state index < -0.39 is 10.8 Å². The summed E-state index contributed by atoms with van der Waals surface area (Å²) in [6, 6.07) is 0. The number of fused-ring (bicyclic) bond motifs is 1. The molecular weight excluding hydrogens is 212 g/mol. The van der Waals surface area contributed by atoms with Crippen LogP contribution < -0.4 is 0 Å². The Morgan fingerprint density at radius 1 is 1.60 bits per heavy atom. The first-order chi connectivity index (χ1) is 7.04. The number of esters is 1. The Labute approximate surface area is 92.3 Å². The third kappa shape index (κ3) is 1.75. The van der Waals surface area contributed by atoms with Crippen molar-refractivity contribution in [3.63, 3.8) is 0 Å². The van der Waals surface area contributed by atoms with Gasteiger partial charge in [-0.3, -0.25) is 9.00 Å². The Balaban J connectivity index is 2.27. The minimum atomic E-state index is -0.854. The molecule has 3 nitrogen and oxygen atoms in total. The number of rotatable bonds is 1. The van der Waals surface area contributed by atoms with E-state index in [2.05, 4.69) is 12.2 Å². The predicted octanol–water partition coefficient (Wildman–Crippen LogP) is 1.41. The summed E-state index contributed by atoms with van der Waals surface area (Å²) in [5, 5.41) is 0.159. The van der Waals surface area contributed by atoms with Crippen LogP contribution in [0.4, 0.5) is 0 Å². The zero-order chi connectivity index (χ0) is 11.1. The molecule has 4 heteroatoms. The first kappa shape index (κ1) is 10.9. The number of carbonyl (C=O) groups is 1. The first-order valence-electron chi connectivity index (χ1n) is 5.26. The van der Waals surface area contributed by atoms with E-state index in [1.54, 1.807) is 0 Å². The number of allylic oxidation sites excluding steroid dienone is 1. The normalized spacial score (nSPS) is 43.7.